The highest BCUT2D eigenvalue weighted by atomic mass is 16.3. The molecule has 2 N–H and O–H groups in total. The Labute approximate surface area is 154 Å². The van der Waals surface area contributed by atoms with Gasteiger partial charge in [-0.3, -0.25) is 9.59 Å². The lowest BCUT2D eigenvalue weighted by molar-refractivity contribution is -0.125. The van der Waals surface area contributed by atoms with Crippen molar-refractivity contribution in [2.45, 2.75) is 52.9 Å². The summed E-state index contributed by atoms with van der Waals surface area (Å²) in [4.78, 5) is 24.6. The number of amides is 2. The van der Waals surface area contributed by atoms with Gasteiger partial charge < -0.3 is 15.1 Å². The van der Waals surface area contributed by atoms with Crippen LogP contribution in [0.5, 0.6) is 0 Å². The molecule has 2 aromatic rings. The Hall–Kier alpha value is -2.30. The minimum Gasteiger partial charge on any atom is -0.450 e. The Morgan fingerprint density at radius 1 is 1.00 bits per heavy atom. The fourth-order valence-electron chi connectivity index (χ4n) is 3.84. The van der Waals surface area contributed by atoms with E-state index in [-0.39, 0.29) is 17.7 Å². The molecule has 1 aliphatic carbocycles. The Kier molecular flexibility index (Phi) is 5.64. The third-order valence-corrected chi connectivity index (χ3v) is 5.37. The Balaban J connectivity index is 1.56. The molecular formula is C21H28N2O3. The van der Waals surface area contributed by atoms with E-state index >= 15 is 0 Å². The summed E-state index contributed by atoms with van der Waals surface area (Å²) >= 11 is 0. The second kappa shape index (κ2) is 7.94. The summed E-state index contributed by atoms with van der Waals surface area (Å²) in [5.74, 6) is 0.383. The maximum Gasteiger partial charge on any atom is 0.287 e. The first kappa shape index (κ1) is 18.5. The molecule has 1 aromatic heterocycles. The molecule has 5 nitrogen and oxygen atoms in total. The van der Waals surface area contributed by atoms with Gasteiger partial charge in [0.1, 0.15) is 5.58 Å². The van der Waals surface area contributed by atoms with Gasteiger partial charge in [-0.25, -0.2) is 0 Å². The third-order valence-electron chi connectivity index (χ3n) is 5.37. The van der Waals surface area contributed by atoms with Crippen LogP contribution < -0.4 is 10.6 Å². The summed E-state index contributed by atoms with van der Waals surface area (Å²) < 4.78 is 5.85. The van der Waals surface area contributed by atoms with E-state index in [9.17, 15) is 9.59 Å². The highest BCUT2D eigenvalue weighted by Crippen LogP contribution is 2.30. The molecule has 1 fully saturated rings. The zero-order valence-electron chi connectivity index (χ0n) is 15.9. The average molecular weight is 356 g/mol. The normalized spacial score (nSPS) is 15.2. The van der Waals surface area contributed by atoms with Crippen molar-refractivity contribution in [2.75, 3.05) is 13.1 Å². The number of rotatable bonds is 5. The van der Waals surface area contributed by atoms with Crippen LogP contribution in [0, 0.1) is 26.7 Å². The number of aryl methyl sites for hydroxylation is 3. The molecular weight excluding hydrogens is 328 g/mol. The van der Waals surface area contributed by atoms with Crippen LogP contribution in [0.15, 0.2) is 16.5 Å². The zero-order valence-corrected chi connectivity index (χ0v) is 15.9. The number of benzene rings is 1. The second-order valence-electron chi connectivity index (χ2n) is 7.34. The standard InChI is InChI=1S/C21H28N2O3/c1-13-9-10-14(2)18-17(13)15(3)19(26-18)21(25)23-12-11-22-20(24)16-7-5-4-6-8-16/h9-10,16H,4-8,11-12H2,1-3H3,(H,22,24)(H,23,25). The minimum absolute atomic E-state index is 0.116. The molecule has 1 heterocycles. The lowest BCUT2D eigenvalue weighted by atomic mass is 9.89. The van der Waals surface area contributed by atoms with E-state index in [0.717, 1.165) is 53.3 Å². The monoisotopic (exact) mass is 356 g/mol. The first-order chi connectivity index (χ1) is 12.5. The van der Waals surface area contributed by atoms with Crippen molar-refractivity contribution in [3.63, 3.8) is 0 Å². The van der Waals surface area contributed by atoms with Crippen LogP contribution in [-0.2, 0) is 4.79 Å². The highest BCUT2D eigenvalue weighted by molar-refractivity contribution is 6.00. The van der Waals surface area contributed by atoms with E-state index in [0.29, 0.717) is 18.8 Å². The molecule has 1 aromatic carbocycles. The molecule has 0 radical (unpaired) electrons. The van der Waals surface area contributed by atoms with Gasteiger partial charge in [-0.15, -0.1) is 0 Å². The number of furan rings is 1. The molecule has 0 atom stereocenters. The van der Waals surface area contributed by atoms with Gasteiger partial charge in [-0.05, 0) is 44.7 Å². The van der Waals surface area contributed by atoms with Gasteiger partial charge in [0.2, 0.25) is 5.91 Å². The predicted octanol–water partition coefficient (Wildman–Crippen LogP) is 3.78. The van der Waals surface area contributed by atoms with Crippen LogP contribution in [0.4, 0.5) is 0 Å². The van der Waals surface area contributed by atoms with E-state index in [4.69, 9.17) is 4.42 Å². The fraction of sp³-hybridized carbons (Fsp3) is 0.524. The zero-order chi connectivity index (χ0) is 18.7. The van der Waals surface area contributed by atoms with Gasteiger partial charge >= 0.3 is 0 Å². The van der Waals surface area contributed by atoms with Crippen molar-refractivity contribution in [2.24, 2.45) is 5.92 Å². The quantitative estimate of drug-likeness (QED) is 0.801. The van der Waals surface area contributed by atoms with Crippen molar-refractivity contribution >= 4 is 22.8 Å². The summed E-state index contributed by atoms with van der Waals surface area (Å²) in [6.07, 6.45) is 5.47. The maximum absolute atomic E-state index is 12.5. The van der Waals surface area contributed by atoms with Crippen molar-refractivity contribution in [1.82, 2.24) is 10.6 Å². The number of fused-ring (bicyclic) bond motifs is 1. The largest absolute Gasteiger partial charge is 0.450 e. The van der Waals surface area contributed by atoms with Crippen LogP contribution in [0.1, 0.15) is 59.3 Å². The van der Waals surface area contributed by atoms with E-state index in [2.05, 4.69) is 10.6 Å². The van der Waals surface area contributed by atoms with Crippen molar-refractivity contribution < 1.29 is 14.0 Å². The number of hydrogen-bond donors (Lipinski definition) is 2. The first-order valence-corrected chi connectivity index (χ1v) is 9.54. The topological polar surface area (TPSA) is 71.3 Å². The van der Waals surface area contributed by atoms with Gasteiger partial charge in [0.25, 0.3) is 5.91 Å². The summed E-state index contributed by atoms with van der Waals surface area (Å²) in [6, 6.07) is 4.05. The lowest BCUT2D eigenvalue weighted by Gasteiger charge is -2.20. The van der Waals surface area contributed by atoms with Crippen LogP contribution in [0.3, 0.4) is 0 Å². The number of carbonyl (C=O) groups is 2. The molecule has 140 valence electrons. The van der Waals surface area contributed by atoms with Crippen LogP contribution in [0.25, 0.3) is 11.0 Å². The van der Waals surface area contributed by atoms with Crippen LogP contribution in [0.2, 0.25) is 0 Å². The van der Waals surface area contributed by atoms with E-state index in [1.54, 1.807) is 0 Å². The predicted molar refractivity (Wildman–Crippen MR) is 102 cm³/mol. The maximum atomic E-state index is 12.5. The Morgan fingerprint density at radius 3 is 2.35 bits per heavy atom. The molecule has 0 bridgehead atoms. The number of nitrogens with one attached hydrogen (secondary N) is 2. The van der Waals surface area contributed by atoms with E-state index < -0.39 is 0 Å². The fourth-order valence-corrected chi connectivity index (χ4v) is 3.84. The molecule has 0 aliphatic heterocycles. The Bertz CT molecular complexity index is 816. The van der Waals surface area contributed by atoms with Crippen molar-refractivity contribution in [3.8, 4) is 0 Å². The number of hydrogen-bond acceptors (Lipinski definition) is 3. The second-order valence-corrected chi connectivity index (χ2v) is 7.34. The minimum atomic E-state index is -0.232. The Morgan fingerprint density at radius 2 is 1.65 bits per heavy atom. The van der Waals surface area contributed by atoms with Gasteiger partial charge in [-0.2, -0.15) is 0 Å². The van der Waals surface area contributed by atoms with Gasteiger partial charge in [-0.1, -0.05) is 31.4 Å². The molecule has 2 amide bonds. The summed E-state index contributed by atoms with van der Waals surface area (Å²) in [5.41, 5.74) is 3.77. The SMILES string of the molecule is Cc1ccc(C)c2c(C)c(C(=O)NCCNC(=O)C3CCCCC3)oc12. The van der Waals surface area contributed by atoms with Crippen molar-refractivity contribution in [1.29, 1.82) is 0 Å². The third kappa shape index (κ3) is 3.76. The van der Waals surface area contributed by atoms with E-state index in [1.165, 1.54) is 6.42 Å². The first-order valence-electron chi connectivity index (χ1n) is 9.54. The molecule has 1 aliphatic rings. The summed E-state index contributed by atoms with van der Waals surface area (Å²) in [5, 5.41) is 6.80. The van der Waals surface area contributed by atoms with Gasteiger partial charge in [0.05, 0.1) is 0 Å². The highest BCUT2D eigenvalue weighted by Gasteiger charge is 2.21. The molecule has 0 spiro atoms. The molecule has 0 unspecified atom stereocenters. The molecule has 26 heavy (non-hydrogen) atoms. The van der Waals surface area contributed by atoms with Crippen LogP contribution >= 0.6 is 0 Å². The summed E-state index contributed by atoms with van der Waals surface area (Å²) in [6.45, 7) is 6.75. The summed E-state index contributed by atoms with van der Waals surface area (Å²) in [7, 11) is 0. The van der Waals surface area contributed by atoms with Crippen molar-refractivity contribution in [3.05, 3.63) is 34.6 Å². The van der Waals surface area contributed by atoms with Gasteiger partial charge in [0.15, 0.2) is 5.76 Å². The molecule has 1 saturated carbocycles. The molecule has 0 saturated heterocycles. The smallest absolute Gasteiger partial charge is 0.287 e. The van der Waals surface area contributed by atoms with Crippen LogP contribution in [-0.4, -0.2) is 24.9 Å². The molecule has 3 rings (SSSR count). The lowest BCUT2D eigenvalue weighted by Crippen LogP contribution is -2.38. The van der Waals surface area contributed by atoms with E-state index in [1.807, 2.05) is 32.9 Å². The van der Waals surface area contributed by atoms with Gasteiger partial charge in [0, 0.05) is 30.0 Å². The average Bonchev–Trinajstić information content (AvgIpc) is 3.01. The molecule has 5 heteroatoms. The number of carbonyl (C=O) groups excluding carboxylic acids is 2.